The van der Waals surface area contributed by atoms with E-state index in [0.717, 1.165) is 12.0 Å². The van der Waals surface area contributed by atoms with Gasteiger partial charge in [0.25, 0.3) is 0 Å². The molecule has 3 aliphatic rings. The Hall–Kier alpha value is -1.02. The van der Waals surface area contributed by atoms with Gasteiger partial charge in [-0.25, -0.2) is 0 Å². The van der Waals surface area contributed by atoms with Gasteiger partial charge in [0, 0.05) is 11.5 Å². The molecule has 2 nitrogen and oxygen atoms in total. The predicted octanol–water partition coefficient (Wildman–Crippen LogP) is 3.47. The summed E-state index contributed by atoms with van der Waals surface area (Å²) >= 11 is 0. The molecule has 0 spiro atoms. The molecule has 0 amide bonds. The average molecular weight is 271 g/mol. The quantitative estimate of drug-likeness (QED) is 0.781. The van der Waals surface area contributed by atoms with Gasteiger partial charge in [-0.3, -0.25) is 0 Å². The van der Waals surface area contributed by atoms with Crippen LogP contribution in [0.5, 0.6) is 5.75 Å². The molecule has 4 rings (SSSR count). The Morgan fingerprint density at radius 1 is 1.20 bits per heavy atom. The smallest absolute Gasteiger partial charge is 0.115 e. The minimum atomic E-state index is 0.361. The first-order valence-electron chi connectivity index (χ1n) is 8.23. The van der Waals surface area contributed by atoms with E-state index in [0.29, 0.717) is 11.2 Å². The largest absolute Gasteiger partial charge is 0.508 e. The third-order valence-electron chi connectivity index (χ3n) is 6.32. The summed E-state index contributed by atoms with van der Waals surface area (Å²) in [4.78, 5) is 2.62. The molecular weight excluding hydrogens is 246 g/mol. The first-order chi connectivity index (χ1) is 9.71. The van der Waals surface area contributed by atoms with Crippen molar-refractivity contribution < 1.29 is 5.11 Å². The van der Waals surface area contributed by atoms with Gasteiger partial charge in [0.15, 0.2) is 0 Å². The Bertz CT molecular complexity index is 526. The minimum Gasteiger partial charge on any atom is -0.508 e. The lowest BCUT2D eigenvalue weighted by Gasteiger charge is -2.52. The Labute approximate surface area is 121 Å². The van der Waals surface area contributed by atoms with E-state index < -0.39 is 0 Å². The van der Waals surface area contributed by atoms with Crippen LogP contribution < -0.4 is 0 Å². The number of fused-ring (bicyclic) bond motifs is 1. The topological polar surface area (TPSA) is 23.5 Å². The van der Waals surface area contributed by atoms with Gasteiger partial charge in [-0.05, 0) is 74.9 Å². The highest BCUT2D eigenvalue weighted by atomic mass is 16.3. The Kier molecular flexibility index (Phi) is 2.85. The molecule has 2 bridgehead atoms. The fourth-order valence-corrected chi connectivity index (χ4v) is 5.45. The molecule has 20 heavy (non-hydrogen) atoms. The van der Waals surface area contributed by atoms with Gasteiger partial charge in [-0.1, -0.05) is 18.9 Å². The number of rotatable bonds is 0. The number of likely N-dealkylation sites (N-methyl/N-ethyl adjacent to an activating group) is 1. The third kappa shape index (κ3) is 1.67. The zero-order valence-electron chi connectivity index (χ0n) is 12.4. The van der Waals surface area contributed by atoms with E-state index in [9.17, 15) is 5.11 Å². The lowest BCUT2D eigenvalue weighted by molar-refractivity contribution is 0.0818. The number of phenolic OH excluding ortho intramolecular Hbond substituents is 1. The number of aromatic hydroxyl groups is 1. The van der Waals surface area contributed by atoms with E-state index in [1.165, 1.54) is 62.6 Å². The van der Waals surface area contributed by atoms with Crippen LogP contribution in [-0.2, 0) is 11.8 Å². The maximum atomic E-state index is 9.98. The highest BCUT2D eigenvalue weighted by Gasteiger charge is 2.51. The molecule has 1 heterocycles. The summed E-state index contributed by atoms with van der Waals surface area (Å²) in [5.41, 5.74) is 3.36. The highest BCUT2D eigenvalue weighted by molar-refractivity contribution is 5.44. The second-order valence-electron chi connectivity index (χ2n) is 7.21. The maximum absolute atomic E-state index is 9.98. The van der Waals surface area contributed by atoms with Crippen molar-refractivity contribution in [3.63, 3.8) is 0 Å². The van der Waals surface area contributed by atoms with E-state index >= 15 is 0 Å². The Balaban J connectivity index is 1.91. The number of nitrogens with zero attached hydrogens (tertiary/aromatic N) is 1. The third-order valence-corrected chi connectivity index (χ3v) is 6.32. The van der Waals surface area contributed by atoms with Crippen LogP contribution >= 0.6 is 0 Å². The van der Waals surface area contributed by atoms with Crippen molar-refractivity contribution in [1.29, 1.82) is 0 Å². The number of hydrogen-bond donors (Lipinski definition) is 1. The van der Waals surface area contributed by atoms with Crippen molar-refractivity contribution in [2.75, 3.05) is 13.6 Å². The molecule has 1 aromatic rings. The summed E-state index contributed by atoms with van der Waals surface area (Å²) < 4.78 is 0. The van der Waals surface area contributed by atoms with Gasteiger partial charge in [-0.15, -0.1) is 0 Å². The number of hydrogen-bond acceptors (Lipinski definition) is 2. The molecule has 1 N–H and O–H groups in total. The van der Waals surface area contributed by atoms with E-state index in [1.54, 1.807) is 0 Å². The van der Waals surface area contributed by atoms with Gasteiger partial charge >= 0.3 is 0 Å². The van der Waals surface area contributed by atoms with E-state index in [4.69, 9.17) is 0 Å². The predicted molar refractivity (Wildman–Crippen MR) is 81.1 cm³/mol. The van der Waals surface area contributed by atoms with Crippen LogP contribution in [0.2, 0.25) is 0 Å². The minimum absolute atomic E-state index is 0.361. The fraction of sp³-hybridized carbons (Fsp3) is 0.667. The summed E-state index contributed by atoms with van der Waals surface area (Å²) in [5.74, 6) is 1.26. The SMILES string of the molecule is CN1CCC[C@]23CCCC[C@@H]2[C@@H]1Cc1ccc(O)cc13. The molecule has 1 aliphatic heterocycles. The summed E-state index contributed by atoms with van der Waals surface area (Å²) in [6.45, 7) is 1.24. The van der Waals surface area contributed by atoms with Crippen LogP contribution in [0.15, 0.2) is 18.2 Å². The number of benzene rings is 1. The van der Waals surface area contributed by atoms with Crippen molar-refractivity contribution in [3.05, 3.63) is 29.3 Å². The molecule has 0 radical (unpaired) electrons. The maximum Gasteiger partial charge on any atom is 0.115 e. The van der Waals surface area contributed by atoms with Crippen LogP contribution in [-0.4, -0.2) is 29.6 Å². The molecule has 3 atom stereocenters. The monoisotopic (exact) mass is 271 g/mol. The molecule has 2 aliphatic carbocycles. The van der Waals surface area contributed by atoms with Crippen molar-refractivity contribution in [3.8, 4) is 5.75 Å². The van der Waals surface area contributed by atoms with Crippen molar-refractivity contribution in [2.45, 2.75) is 56.4 Å². The lowest BCUT2D eigenvalue weighted by atomic mass is 9.54. The normalized spacial score (nSPS) is 36.9. The summed E-state index contributed by atoms with van der Waals surface area (Å²) in [5, 5.41) is 9.98. The molecule has 1 saturated heterocycles. The van der Waals surface area contributed by atoms with Crippen molar-refractivity contribution >= 4 is 0 Å². The molecule has 0 unspecified atom stereocenters. The highest BCUT2D eigenvalue weighted by Crippen LogP contribution is 2.55. The summed E-state index contributed by atoms with van der Waals surface area (Å²) in [7, 11) is 2.32. The van der Waals surface area contributed by atoms with Crippen LogP contribution in [0.1, 0.15) is 49.7 Å². The standard InChI is InChI=1S/C18H25NO/c1-19-10-4-9-18-8-3-2-5-15(18)17(19)11-13-6-7-14(20)12-16(13)18/h6-7,12,15,17,20H,2-5,8-11H2,1H3/t15-,17+,18-/m1/s1. The fourth-order valence-electron chi connectivity index (χ4n) is 5.45. The first-order valence-corrected chi connectivity index (χ1v) is 8.23. The van der Waals surface area contributed by atoms with E-state index in [1.807, 2.05) is 6.07 Å². The summed E-state index contributed by atoms with van der Waals surface area (Å²) in [6, 6.07) is 6.87. The average Bonchev–Trinajstić information content (AvgIpc) is 2.56. The van der Waals surface area contributed by atoms with Gasteiger partial charge in [-0.2, -0.15) is 0 Å². The van der Waals surface area contributed by atoms with Gasteiger partial charge in [0.1, 0.15) is 5.75 Å². The summed E-state index contributed by atoms with van der Waals surface area (Å²) in [6.07, 6.45) is 9.27. The zero-order chi connectivity index (χ0) is 13.7. The molecule has 2 heteroatoms. The van der Waals surface area contributed by atoms with Crippen LogP contribution in [0.25, 0.3) is 0 Å². The molecule has 0 aromatic heterocycles. The molecule has 1 aromatic carbocycles. The van der Waals surface area contributed by atoms with Crippen LogP contribution in [0.4, 0.5) is 0 Å². The first kappa shape index (κ1) is 12.7. The Morgan fingerprint density at radius 2 is 2.05 bits per heavy atom. The van der Waals surface area contributed by atoms with Gasteiger partial charge in [0.2, 0.25) is 0 Å². The molecule has 1 saturated carbocycles. The second kappa shape index (κ2) is 4.49. The van der Waals surface area contributed by atoms with E-state index in [-0.39, 0.29) is 0 Å². The Morgan fingerprint density at radius 3 is 2.95 bits per heavy atom. The van der Waals surface area contributed by atoms with Crippen LogP contribution in [0, 0.1) is 5.92 Å². The lowest BCUT2D eigenvalue weighted by Crippen LogP contribution is -2.52. The second-order valence-corrected chi connectivity index (χ2v) is 7.21. The molecule has 2 fully saturated rings. The van der Waals surface area contributed by atoms with Crippen molar-refractivity contribution in [2.24, 2.45) is 5.92 Å². The van der Waals surface area contributed by atoms with Crippen molar-refractivity contribution in [1.82, 2.24) is 4.90 Å². The molecule has 108 valence electrons. The number of phenols is 1. The van der Waals surface area contributed by atoms with E-state index in [2.05, 4.69) is 24.1 Å². The van der Waals surface area contributed by atoms with Gasteiger partial charge < -0.3 is 10.0 Å². The number of likely N-dealkylation sites (tertiary alicyclic amines) is 1. The molecular formula is C18H25NO. The zero-order valence-corrected chi connectivity index (χ0v) is 12.4. The van der Waals surface area contributed by atoms with Crippen LogP contribution in [0.3, 0.4) is 0 Å². The van der Waals surface area contributed by atoms with Gasteiger partial charge in [0.05, 0.1) is 0 Å².